The number of hydrogen-bond donors (Lipinski definition) is 2. The smallest absolute Gasteiger partial charge is 0.313 e. The lowest BCUT2D eigenvalue weighted by Crippen LogP contribution is -2.10. The molecule has 0 fully saturated rings. The van der Waals surface area contributed by atoms with Gasteiger partial charge in [-0.05, 0) is 13.3 Å². The van der Waals surface area contributed by atoms with Gasteiger partial charge in [0.05, 0.1) is 4.92 Å². The van der Waals surface area contributed by atoms with E-state index in [0.717, 1.165) is 0 Å². The van der Waals surface area contributed by atoms with Crippen LogP contribution in [-0.2, 0) is 0 Å². The Morgan fingerprint density at radius 1 is 1.65 bits per heavy atom. The van der Waals surface area contributed by atoms with Crippen LogP contribution in [0.2, 0.25) is 0 Å². The van der Waals surface area contributed by atoms with Crippen LogP contribution in [0, 0.1) is 17.0 Å². The minimum atomic E-state index is -0.602. The molecule has 0 saturated carbocycles. The summed E-state index contributed by atoms with van der Waals surface area (Å²) in [5, 5.41) is 20.5. The van der Waals surface area contributed by atoms with E-state index in [0.29, 0.717) is 17.5 Å². The molecule has 1 aromatic carbocycles. The highest BCUT2D eigenvalue weighted by atomic mass is 35.5. The zero-order chi connectivity index (χ0) is 12.3. The Balaban J connectivity index is 0.00000256. The first kappa shape index (κ1) is 15.4. The van der Waals surface area contributed by atoms with Crippen molar-refractivity contribution in [3.63, 3.8) is 0 Å². The number of nitro groups is 1. The van der Waals surface area contributed by atoms with E-state index in [-0.39, 0.29) is 23.8 Å². The Labute approximate surface area is 106 Å². The maximum Gasteiger partial charge on any atom is 0.313 e. The number of halogens is 1. The van der Waals surface area contributed by atoms with Gasteiger partial charge in [0.15, 0.2) is 5.75 Å². The number of benzene rings is 1. The van der Waals surface area contributed by atoms with Crippen molar-refractivity contribution in [3.05, 3.63) is 46.0 Å². The molecule has 0 aliphatic heterocycles. The third-order valence-electron chi connectivity index (χ3n) is 2.39. The van der Waals surface area contributed by atoms with Crippen LogP contribution >= 0.6 is 12.4 Å². The molecule has 6 heteroatoms. The van der Waals surface area contributed by atoms with Gasteiger partial charge in [0.25, 0.3) is 0 Å². The van der Waals surface area contributed by atoms with Crippen molar-refractivity contribution < 1.29 is 10.0 Å². The van der Waals surface area contributed by atoms with Gasteiger partial charge in [-0.2, -0.15) is 0 Å². The topological polar surface area (TPSA) is 89.4 Å². The van der Waals surface area contributed by atoms with E-state index in [4.69, 9.17) is 5.73 Å². The van der Waals surface area contributed by atoms with Gasteiger partial charge >= 0.3 is 5.69 Å². The summed E-state index contributed by atoms with van der Waals surface area (Å²) in [6.07, 6.45) is 2.06. The molecule has 94 valence electrons. The Morgan fingerprint density at radius 3 is 2.71 bits per heavy atom. The molecule has 0 aromatic heterocycles. The average Bonchev–Trinajstić information content (AvgIpc) is 2.17. The zero-order valence-corrected chi connectivity index (χ0v) is 10.2. The Kier molecular flexibility index (Phi) is 5.64. The quantitative estimate of drug-likeness (QED) is 0.493. The molecule has 0 unspecified atom stereocenters. The molecule has 0 radical (unpaired) electrons. The summed E-state index contributed by atoms with van der Waals surface area (Å²) in [4.78, 5) is 10.2. The van der Waals surface area contributed by atoms with Crippen molar-refractivity contribution in [3.8, 4) is 5.75 Å². The van der Waals surface area contributed by atoms with Gasteiger partial charge in [-0.25, -0.2) is 0 Å². The van der Waals surface area contributed by atoms with E-state index in [1.54, 1.807) is 25.1 Å². The summed E-state index contributed by atoms with van der Waals surface area (Å²) in [5.41, 5.74) is 6.28. The van der Waals surface area contributed by atoms with E-state index in [2.05, 4.69) is 6.58 Å². The minimum Gasteiger partial charge on any atom is -0.502 e. The zero-order valence-electron chi connectivity index (χ0n) is 9.42. The summed E-state index contributed by atoms with van der Waals surface area (Å²) in [6.45, 7) is 5.11. The predicted molar refractivity (Wildman–Crippen MR) is 68.5 cm³/mol. The lowest BCUT2D eigenvalue weighted by Gasteiger charge is -2.12. The second kappa shape index (κ2) is 6.22. The first-order valence-corrected chi connectivity index (χ1v) is 4.82. The highest BCUT2D eigenvalue weighted by molar-refractivity contribution is 5.85. The molecule has 0 bridgehead atoms. The van der Waals surface area contributed by atoms with E-state index in [1.165, 1.54) is 0 Å². The molecule has 0 spiro atoms. The van der Waals surface area contributed by atoms with Gasteiger partial charge in [0, 0.05) is 17.2 Å². The number of nitrogens with zero attached hydrogens (tertiary/aromatic N) is 1. The van der Waals surface area contributed by atoms with Crippen molar-refractivity contribution in [2.24, 2.45) is 5.73 Å². The number of phenolic OH excluding ortho intramolecular Hbond substituents is 1. The largest absolute Gasteiger partial charge is 0.502 e. The molecule has 1 aromatic rings. The van der Waals surface area contributed by atoms with Gasteiger partial charge in [-0.1, -0.05) is 18.2 Å². The highest BCUT2D eigenvalue weighted by Crippen LogP contribution is 2.36. The van der Waals surface area contributed by atoms with E-state index >= 15 is 0 Å². The van der Waals surface area contributed by atoms with E-state index in [1.807, 2.05) is 0 Å². The fourth-order valence-electron chi connectivity index (χ4n) is 1.53. The third-order valence-corrected chi connectivity index (χ3v) is 2.39. The lowest BCUT2D eigenvalue weighted by molar-refractivity contribution is -0.386. The number of nitrogens with two attached hydrogens (primary N) is 1. The van der Waals surface area contributed by atoms with Gasteiger partial charge < -0.3 is 10.8 Å². The maximum absolute atomic E-state index is 10.8. The fourth-order valence-corrected chi connectivity index (χ4v) is 1.53. The summed E-state index contributed by atoms with van der Waals surface area (Å²) in [6, 6.07) is 2.71. The van der Waals surface area contributed by atoms with Gasteiger partial charge in [0.1, 0.15) is 0 Å². The standard InChI is InChI=1S/C11H14N2O3.ClH/c1-3-4-9(12)8-6-5-7(2)10(11(8)14)13(15)16;/h3,5-6,9,14H,1,4,12H2,2H3;1H/t9-;/m0./s1. The lowest BCUT2D eigenvalue weighted by atomic mass is 10.0. The summed E-state index contributed by atoms with van der Waals surface area (Å²) in [7, 11) is 0. The number of aromatic hydroxyl groups is 1. The van der Waals surface area contributed by atoms with Crippen molar-refractivity contribution in [1.29, 1.82) is 0 Å². The molecule has 17 heavy (non-hydrogen) atoms. The molecule has 1 rings (SSSR count). The SMILES string of the molecule is C=CC[C@H](N)c1ccc(C)c([N+](=O)[O-])c1O.Cl. The van der Waals surface area contributed by atoms with Crippen LogP contribution in [0.3, 0.4) is 0 Å². The molecule has 0 aliphatic rings. The first-order valence-electron chi connectivity index (χ1n) is 4.82. The van der Waals surface area contributed by atoms with Crippen LogP contribution in [0.15, 0.2) is 24.8 Å². The molecule has 3 N–H and O–H groups in total. The van der Waals surface area contributed by atoms with E-state index < -0.39 is 11.0 Å². The van der Waals surface area contributed by atoms with Crippen LogP contribution in [0.5, 0.6) is 5.75 Å². The summed E-state index contributed by atoms with van der Waals surface area (Å²) >= 11 is 0. The molecular formula is C11H15ClN2O3. The molecule has 0 aliphatic carbocycles. The first-order chi connectivity index (χ1) is 7.49. The van der Waals surface area contributed by atoms with Crippen LogP contribution in [0.25, 0.3) is 0 Å². The van der Waals surface area contributed by atoms with Gasteiger partial charge in [-0.3, -0.25) is 10.1 Å². The third kappa shape index (κ3) is 3.18. The number of phenols is 1. The Bertz CT molecular complexity index is 435. The number of nitro benzene ring substituents is 1. The molecule has 0 heterocycles. The number of hydrogen-bond acceptors (Lipinski definition) is 4. The molecule has 0 amide bonds. The molecule has 1 atom stereocenters. The minimum absolute atomic E-state index is 0. The van der Waals surface area contributed by atoms with Crippen molar-refractivity contribution >= 4 is 18.1 Å². The number of aryl methyl sites for hydroxylation is 1. The molecule has 0 saturated heterocycles. The predicted octanol–water partition coefficient (Wildman–Crippen LogP) is 2.61. The monoisotopic (exact) mass is 258 g/mol. The fraction of sp³-hybridized carbons (Fsp3) is 0.273. The van der Waals surface area contributed by atoms with Crippen molar-refractivity contribution in [1.82, 2.24) is 0 Å². The average molecular weight is 259 g/mol. The van der Waals surface area contributed by atoms with E-state index in [9.17, 15) is 15.2 Å². The molecule has 5 nitrogen and oxygen atoms in total. The summed E-state index contributed by atoms with van der Waals surface area (Å²) < 4.78 is 0. The summed E-state index contributed by atoms with van der Waals surface area (Å²) in [5.74, 6) is -0.348. The maximum atomic E-state index is 10.8. The van der Waals surface area contributed by atoms with Crippen LogP contribution in [0.4, 0.5) is 5.69 Å². The van der Waals surface area contributed by atoms with Crippen LogP contribution in [0.1, 0.15) is 23.6 Å². The van der Waals surface area contributed by atoms with Gasteiger partial charge in [0.2, 0.25) is 0 Å². The van der Waals surface area contributed by atoms with Gasteiger partial charge in [-0.15, -0.1) is 19.0 Å². The van der Waals surface area contributed by atoms with Crippen molar-refractivity contribution in [2.45, 2.75) is 19.4 Å². The normalized spacial score (nSPS) is 11.4. The van der Waals surface area contributed by atoms with Crippen LogP contribution in [-0.4, -0.2) is 10.0 Å². The highest BCUT2D eigenvalue weighted by Gasteiger charge is 2.22. The Morgan fingerprint density at radius 2 is 2.24 bits per heavy atom. The Hall–Kier alpha value is -1.59. The van der Waals surface area contributed by atoms with Crippen LogP contribution < -0.4 is 5.73 Å². The second-order valence-corrected chi connectivity index (χ2v) is 3.56. The molecular weight excluding hydrogens is 244 g/mol. The van der Waals surface area contributed by atoms with Crippen molar-refractivity contribution in [2.75, 3.05) is 0 Å². The second-order valence-electron chi connectivity index (χ2n) is 3.56. The number of rotatable bonds is 4.